The molecule has 0 aliphatic carbocycles. The molecule has 1 aliphatic rings. The average Bonchev–Trinajstić information content (AvgIpc) is 2.64. The van der Waals surface area contributed by atoms with Gasteiger partial charge < -0.3 is 9.64 Å². The van der Waals surface area contributed by atoms with Crippen LogP contribution in [0.4, 0.5) is 15.8 Å². The number of nitrogens with zero attached hydrogens (tertiary/aromatic N) is 1. The lowest BCUT2D eigenvalue weighted by molar-refractivity contribution is 0.101. The Balaban J connectivity index is 1.89. The molecule has 26 heavy (non-hydrogen) atoms. The fraction of sp³-hybridized carbons (Fsp3) is 0.278. The van der Waals surface area contributed by atoms with Crippen LogP contribution in [0.1, 0.15) is 17.3 Å². The van der Waals surface area contributed by atoms with Crippen molar-refractivity contribution in [1.82, 2.24) is 0 Å². The number of halogens is 1. The molecular weight excluding hydrogens is 359 g/mol. The Morgan fingerprint density at radius 1 is 1.15 bits per heavy atom. The molecule has 0 spiro atoms. The van der Waals surface area contributed by atoms with Crippen LogP contribution in [0, 0.1) is 5.82 Å². The first-order valence-electron chi connectivity index (χ1n) is 8.13. The molecule has 3 rings (SSSR count). The van der Waals surface area contributed by atoms with Crippen LogP contribution in [0.3, 0.4) is 0 Å². The third kappa shape index (κ3) is 4.03. The highest BCUT2D eigenvalue weighted by atomic mass is 32.2. The molecule has 6 nitrogen and oxygen atoms in total. The zero-order chi connectivity index (χ0) is 18.7. The highest BCUT2D eigenvalue weighted by Crippen LogP contribution is 2.26. The van der Waals surface area contributed by atoms with Gasteiger partial charge in [-0.25, -0.2) is 12.8 Å². The summed E-state index contributed by atoms with van der Waals surface area (Å²) in [6.07, 6.45) is 0. The quantitative estimate of drug-likeness (QED) is 0.810. The van der Waals surface area contributed by atoms with Gasteiger partial charge in [0.25, 0.3) is 10.0 Å². The number of morpholine rings is 1. The number of ether oxygens (including phenoxy) is 1. The van der Waals surface area contributed by atoms with E-state index in [9.17, 15) is 17.6 Å². The van der Waals surface area contributed by atoms with Gasteiger partial charge in [0, 0.05) is 24.3 Å². The predicted molar refractivity (Wildman–Crippen MR) is 96.7 cm³/mol. The van der Waals surface area contributed by atoms with Crippen molar-refractivity contribution in [1.29, 1.82) is 0 Å². The fourth-order valence-electron chi connectivity index (χ4n) is 2.70. The van der Waals surface area contributed by atoms with Gasteiger partial charge in [-0.2, -0.15) is 0 Å². The van der Waals surface area contributed by atoms with Crippen molar-refractivity contribution in [2.45, 2.75) is 11.8 Å². The fourth-order valence-corrected chi connectivity index (χ4v) is 3.80. The van der Waals surface area contributed by atoms with Crippen LogP contribution >= 0.6 is 0 Å². The van der Waals surface area contributed by atoms with Gasteiger partial charge >= 0.3 is 0 Å². The van der Waals surface area contributed by atoms with Crippen LogP contribution in [0.5, 0.6) is 0 Å². The van der Waals surface area contributed by atoms with Crippen molar-refractivity contribution in [3.8, 4) is 0 Å². The van der Waals surface area contributed by atoms with E-state index in [0.717, 1.165) is 0 Å². The van der Waals surface area contributed by atoms with E-state index < -0.39 is 15.8 Å². The van der Waals surface area contributed by atoms with E-state index in [1.807, 2.05) is 4.90 Å². The molecule has 138 valence electrons. The van der Waals surface area contributed by atoms with Crippen molar-refractivity contribution in [3.05, 3.63) is 53.8 Å². The Hall–Kier alpha value is -2.45. The highest BCUT2D eigenvalue weighted by molar-refractivity contribution is 7.92. The number of hydrogen-bond acceptors (Lipinski definition) is 5. The molecule has 0 radical (unpaired) electrons. The van der Waals surface area contributed by atoms with Crippen LogP contribution in [0.2, 0.25) is 0 Å². The second kappa shape index (κ2) is 7.43. The second-order valence-corrected chi connectivity index (χ2v) is 7.64. The number of carbonyl (C=O) groups is 1. The predicted octanol–water partition coefficient (Wildman–Crippen LogP) is 2.67. The summed E-state index contributed by atoms with van der Waals surface area (Å²) in [6, 6.07) is 9.94. The molecule has 1 N–H and O–H groups in total. The maximum absolute atomic E-state index is 14.2. The summed E-state index contributed by atoms with van der Waals surface area (Å²) in [5, 5.41) is 0. The Morgan fingerprint density at radius 3 is 2.58 bits per heavy atom. The van der Waals surface area contributed by atoms with Gasteiger partial charge in [0.1, 0.15) is 5.82 Å². The zero-order valence-electron chi connectivity index (χ0n) is 14.2. The molecule has 0 unspecified atom stereocenters. The van der Waals surface area contributed by atoms with Crippen molar-refractivity contribution < 1.29 is 22.3 Å². The normalized spacial score (nSPS) is 14.9. The molecule has 8 heteroatoms. The summed E-state index contributed by atoms with van der Waals surface area (Å²) in [5.41, 5.74) is 0.850. The van der Waals surface area contributed by atoms with Gasteiger partial charge in [0.05, 0.1) is 23.8 Å². The van der Waals surface area contributed by atoms with Crippen molar-refractivity contribution >= 4 is 27.2 Å². The summed E-state index contributed by atoms with van der Waals surface area (Å²) in [4.78, 5) is 13.4. The molecular formula is C18H19FN2O4S. The number of nitrogens with one attached hydrogen (secondary N) is 1. The van der Waals surface area contributed by atoms with Gasteiger partial charge in [0.15, 0.2) is 5.78 Å². The van der Waals surface area contributed by atoms with Gasteiger partial charge in [-0.05, 0) is 37.3 Å². The highest BCUT2D eigenvalue weighted by Gasteiger charge is 2.19. The number of Topliss-reactive ketones (excluding diaryl/α,β-unsaturated/α-hetero) is 1. The molecule has 0 saturated carbocycles. The lowest BCUT2D eigenvalue weighted by Gasteiger charge is -2.29. The molecule has 1 aliphatic heterocycles. The van der Waals surface area contributed by atoms with Crippen LogP contribution in [0.15, 0.2) is 47.4 Å². The SMILES string of the molecule is CC(=O)c1cccc(S(=O)(=O)Nc2cc(N3CCOCC3)ccc2F)c1. The maximum Gasteiger partial charge on any atom is 0.262 e. The molecule has 0 bridgehead atoms. The largest absolute Gasteiger partial charge is 0.378 e. The summed E-state index contributed by atoms with van der Waals surface area (Å²) < 4.78 is 46.9. The number of hydrogen-bond donors (Lipinski definition) is 1. The number of benzene rings is 2. The van der Waals surface area contributed by atoms with E-state index in [4.69, 9.17) is 4.74 Å². The van der Waals surface area contributed by atoms with Gasteiger partial charge in [-0.15, -0.1) is 0 Å². The Kier molecular flexibility index (Phi) is 5.24. The smallest absolute Gasteiger partial charge is 0.262 e. The first-order chi connectivity index (χ1) is 12.4. The lowest BCUT2D eigenvalue weighted by atomic mass is 10.2. The van der Waals surface area contributed by atoms with E-state index in [1.165, 1.54) is 43.3 Å². The van der Waals surface area contributed by atoms with Gasteiger partial charge in [0.2, 0.25) is 0 Å². The summed E-state index contributed by atoms with van der Waals surface area (Å²) in [7, 11) is -4.02. The molecule has 1 fully saturated rings. The molecule has 2 aromatic rings. The molecule has 1 heterocycles. The average molecular weight is 378 g/mol. The van der Waals surface area contributed by atoms with Crippen LogP contribution in [-0.4, -0.2) is 40.5 Å². The summed E-state index contributed by atoms with van der Waals surface area (Å²) in [6.45, 7) is 3.79. The lowest BCUT2D eigenvalue weighted by Crippen LogP contribution is -2.36. The number of ketones is 1. The maximum atomic E-state index is 14.2. The van der Waals surface area contributed by atoms with Crippen molar-refractivity contribution in [3.63, 3.8) is 0 Å². The number of carbonyl (C=O) groups excluding carboxylic acids is 1. The van der Waals surface area contributed by atoms with Crippen LogP contribution < -0.4 is 9.62 Å². The van der Waals surface area contributed by atoms with Crippen LogP contribution in [0.25, 0.3) is 0 Å². The van der Waals surface area contributed by atoms with E-state index in [-0.39, 0.29) is 21.9 Å². The third-order valence-corrected chi connectivity index (χ3v) is 5.48. The molecule has 0 aromatic heterocycles. The van der Waals surface area contributed by atoms with E-state index >= 15 is 0 Å². The van der Waals surface area contributed by atoms with E-state index in [2.05, 4.69) is 4.72 Å². The number of sulfonamides is 1. The molecule has 2 aromatic carbocycles. The minimum atomic E-state index is -4.02. The topological polar surface area (TPSA) is 75.7 Å². The van der Waals surface area contributed by atoms with Crippen LogP contribution in [-0.2, 0) is 14.8 Å². The minimum absolute atomic E-state index is 0.0959. The Labute approximate surface area is 151 Å². The minimum Gasteiger partial charge on any atom is -0.378 e. The first-order valence-corrected chi connectivity index (χ1v) is 9.61. The Bertz CT molecular complexity index is 925. The first kappa shape index (κ1) is 18.3. The van der Waals surface area contributed by atoms with Gasteiger partial charge in [-0.1, -0.05) is 12.1 Å². The third-order valence-electron chi connectivity index (χ3n) is 4.12. The monoisotopic (exact) mass is 378 g/mol. The molecule has 0 atom stereocenters. The zero-order valence-corrected chi connectivity index (χ0v) is 15.1. The van der Waals surface area contributed by atoms with E-state index in [1.54, 1.807) is 6.07 Å². The van der Waals surface area contributed by atoms with Crippen molar-refractivity contribution in [2.75, 3.05) is 35.9 Å². The number of rotatable bonds is 5. The Morgan fingerprint density at radius 2 is 1.88 bits per heavy atom. The summed E-state index contributed by atoms with van der Waals surface area (Å²) >= 11 is 0. The molecule has 1 saturated heterocycles. The second-order valence-electron chi connectivity index (χ2n) is 5.95. The summed E-state index contributed by atoms with van der Waals surface area (Å²) in [5.74, 6) is -0.921. The standard InChI is InChI=1S/C18H19FN2O4S/c1-13(22)14-3-2-4-16(11-14)26(23,24)20-18-12-15(5-6-17(18)19)21-7-9-25-10-8-21/h2-6,11-12,20H,7-10H2,1H3. The van der Waals surface area contributed by atoms with Crippen molar-refractivity contribution in [2.24, 2.45) is 0 Å². The molecule has 0 amide bonds. The van der Waals surface area contributed by atoms with Gasteiger partial charge in [-0.3, -0.25) is 9.52 Å². The van der Waals surface area contributed by atoms with E-state index in [0.29, 0.717) is 32.0 Å². The number of anilines is 2.